The molecule has 10 heteroatoms. The van der Waals surface area contributed by atoms with Gasteiger partial charge in [0, 0.05) is 31.6 Å². The Balaban J connectivity index is 2.50. The molecule has 0 saturated heterocycles. The van der Waals surface area contributed by atoms with Gasteiger partial charge in [0.05, 0.1) is 22.5 Å². The lowest BCUT2D eigenvalue weighted by Crippen LogP contribution is -2.13. The predicted octanol–water partition coefficient (Wildman–Crippen LogP) is 2.98. The summed E-state index contributed by atoms with van der Waals surface area (Å²) in [5.74, 6) is 0. The fourth-order valence-corrected chi connectivity index (χ4v) is 2.17. The van der Waals surface area contributed by atoms with Crippen LogP contribution in [0.2, 0.25) is 0 Å². The molecule has 0 aliphatic rings. The van der Waals surface area contributed by atoms with Crippen LogP contribution in [0, 0.1) is 10.1 Å². The van der Waals surface area contributed by atoms with E-state index in [-0.39, 0.29) is 24.5 Å². The van der Waals surface area contributed by atoms with Gasteiger partial charge in [0.15, 0.2) is 0 Å². The van der Waals surface area contributed by atoms with E-state index >= 15 is 0 Å². The van der Waals surface area contributed by atoms with Gasteiger partial charge in [0.25, 0.3) is 5.69 Å². The number of hydrogen-bond acceptors (Lipinski definition) is 5. The zero-order chi connectivity index (χ0) is 17.7. The quantitative estimate of drug-likeness (QED) is 0.457. The fourth-order valence-electron chi connectivity index (χ4n) is 2.17. The number of nitrogens with one attached hydrogen (secondary N) is 1. The number of nitro benzene ring substituents is 1. The average molecular weight is 344 g/mol. The first-order chi connectivity index (χ1) is 11.3. The van der Waals surface area contributed by atoms with Crippen molar-refractivity contribution in [1.29, 1.82) is 0 Å². The molecule has 2 N–H and O–H groups in total. The third kappa shape index (κ3) is 4.02. The van der Waals surface area contributed by atoms with Gasteiger partial charge in [-0.25, -0.2) is 4.98 Å². The average Bonchev–Trinajstić information content (AvgIpc) is 3.04. The van der Waals surface area contributed by atoms with Gasteiger partial charge in [-0.2, -0.15) is 13.2 Å². The highest BCUT2D eigenvalue weighted by Crippen LogP contribution is 2.39. The maximum atomic E-state index is 13.3. The van der Waals surface area contributed by atoms with Crippen LogP contribution in [0.4, 0.5) is 24.5 Å². The van der Waals surface area contributed by atoms with Crippen molar-refractivity contribution in [3.8, 4) is 5.69 Å². The van der Waals surface area contributed by atoms with Crippen LogP contribution in [-0.2, 0) is 6.18 Å². The largest absolute Gasteiger partial charge is 0.418 e. The number of hydrogen-bond donors (Lipinski definition) is 2. The van der Waals surface area contributed by atoms with E-state index in [0.29, 0.717) is 18.9 Å². The Bertz CT molecular complexity index is 702. The summed E-state index contributed by atoms with van der Waals surface area (Å²) in [5, 5.41) is 22.6. The predicted molar refractivity (Wildman–Crippen MR) is 80.0 cm³/mol. The number of unbranched alkanes of at least 4 members (excludes halogenated alkanes) is 1. The summed E-state index contributed by atoms with van der Waals surface area (Å²) in [7, 11) is 0. The minimum atomic E-state index is -4.75. The standard InChI is InChI=1S/C14H15F3N4O3/c15-14(16,17)10-7-13(21(23)24)11(19-3-1-2-6-22)8-12(10)20-5-4-18-9-20/h4-5,7-9,19,22H,1-3,6H2. The summed E-state index contributed by atoms with van der Waals surface area (Å²) < 4.78 is 40.9. The molecule has 2 rings (SSSR count). The van der Waals surface area contributed by atoms with Gasteiger partial charge in [-0.3, -0.25) is 10.1 Å². The van der Waals surface area contributed by atoms with Crippen molar-refractivity contribution in [3.05, 3.63) is 46.5 Å². The second-order valence-electron chi connectivity index (χ2n) is 4.97. The molecule has 130 valence electrons. The van der Waals surface area contributed by atoms with Crippen LogP contribution in [0.3, 0.4) is 0 Å². The smallest absolute Gasteiger partial charge is 0.396 e. The number of nitro groups is 1. The van der Waals surface area contributed by atoms with Gasteiger partial charge in [-0.05, 0) is 18.9 Å². The highest BCUT2D eigenvalue weighted by atomic mass is 19.4. The van der Waals surface area contributed by atoms with Crippen molar-refractivity contribution in [2.24, 2.45) is 0 Å². The van der Waals surface area contributed by atoms with Crippen molar-refractivity contribution < 1.29 is 23.2 Å². The van der Waals surface area contributed by atoms with Gasteiger partial charge in [0.2, 0.25) is 0 Å². The van der Waals surface area contributed by atoms with E-state index in [9.17, 15) is 23.3 Å². The summed E-state index contributed by atoms with van der Waals surface area (Å²) in [6, 6.07) is 1.60. The number of aliphatic hydroxyl groups excluding tert-OH is 1. The van der Waals surface area contributed by atoms with Crippen molar-refractivity contribution in [2.45, 2.75) is 19.0 Å². The van der Waals surface area contributed by atoms with E-state index in [1.807, 2.05) is 0 Å². The normalized spacial score (nSPS) is 11.5. The summed E-state index contributed by atoms with van der Waals surface area (Å²) in [4.78, 5) is 14.0. The molecule has 0 atom stereocenters. The number of benzene rings is 1. The van der Waals surface area contributed by atoms with Gasteiger partial charge in [0.1, 0.15) is 5.69 Å². The van der Waals surface area contributed by atoms with E-state index in [4.69, 9.17) is 5.11 Å². The Morgan fingerprint density at radius 3 is 2.62 bits per heavy atom. The minimum absolute atomic E-state index is 0.0189. The van der Waals surface area contributed by atoms with Crippen LogP contribution in [0.1, 0.15) is 18.4 Å². The SMILES string of the molecule is O=[N+]([O-])c1cc(C(F)(F)F)c(-n2ccnc2)cc1NCCCCO. The molecule has 1 aromatic heterocycles. The number of imidazole rings is 1. The molecule has 0 aliphatic heterocycles. The molecule has 24 heavy (non-hydrogen) atoms. The Kier molecular flexibility index (Phi) is 5.39. The lowest BCUT2D eigenvalue weighted by molar-refractivity contribution is -0.384. The molecular formula is C14H15F3N4O3. The molecule has 0 saturated carbocycles. The van der Waals surface area contributed by atoms with Gasteiger partial charge >= 0.3 is 6.18 Å². The Labute approximate surface area is 134 Å². The molecule has 0 aliphatic carbocycles. The number of aromatic nitrogens is 2. The molecule has 0 bridgehead atoms. The number of aliphatic hydroxyl groups is 1. The van der Waals surface area contributed by atoms with Gasteiger partial charge in [-0.1, -0.05) is 0 Å². The molecule has 0 fully saturated rings. The molecule has 0 amide bonds. The van der Waals surface area contributed by atoms with Crippen molar-refractivity contribution >= 4 is 11.4 Å². The second kappa shape index (κ2) is 7.30. The second-order valence-corrected chi connectivity index (χ2v) is 4.97. The van der Waals surface area contributed by atoms with Crippen LogP contribution < -0.4 is 5.32 Å². The van der Waals surface area contributed by atoms with Crippen LogP contribution in [0.15, 0.2) is 30.9 Å². The summed E-state index contributed by atoms with van der Waals surface area (Å²) in [6.45, 7) is 0.257. The fraction of sp³-hybridized carbons (Fsp3) is 0.357. The zero-order valence-electron chi connectivity index (χ0n) is 12.5. The zero-order valence-corrected chi connectivity index (χ0v) is 12.5. The number of anilines is 1. The van der Waals surface area contributed by atoms with Crippen molar-refractivity contribution in [2.75, 3.05) is 18.5 Å². The molecule has 2 aromatic rings. The van der Waals surface area contributed by atoms with E-state index in [2.05, 4.69) is 10.3 Å². The molecule has 0 unspecified atom stereocenters. The molecule has 0 radical (unpaired) electrons. The lowest BCUT2D eigenvalue weighted by Gasteiger charge is -2.16. The maximum Gasteiger partial charge on any atom is 0.418 e. The first-order valence-electron chi connectivity index (χ1n) is 7.07. The lowest BCUT2D eigenvalue weighted by atomic mass is 10.1. The van der Waals surface area contributed by atoms with Crippen LogP contribution >= 0.6 is 0 Å². The molecule has 0 spiro atoms. The molecular weight excluding hydrogens is 329 g/mol. The summed E-state index contributed by atoms with van der Waals surface area (Å²) >= 11 is 0. The number of rotatable bonds is 7. The third-order valence-electron chi connectivity index (χ3n) is 3.30. The number of halogens is 3. The Morgan fingerprint density at radius 1 is 1.33 bits per heavy atom. The van der Waals surface area contributed by atoms with Crippen molar-refractivity contribution in [1.82, 2.24) is 9.55 Å². The van der Waals surface area contributed by atoms with E-state index in [1.54, 1.807) is 0 Å². The molecule has 1 heterocycles. The monoisotopic (exact) mass is 344 g/mol. The summed E-state index contributed by atoms with van der Waals surface area (Å²) in [5.41, 5.74) is -2.05. The minimum Gasteiger partial charge on any atom is -0.396 e. The molecule has 7 nitrogen and oxygen atoms in total. The highest BCUT2D eigenvalue weighted by Gasteiger charge is 2.37. The van der Waals surface area contributed by atoms with E-state index in [0.717, 1.165) is 10.6 Å². The Hall–Kier alpha value is -2.62. The first-order valence-corrected chi connectivity index (χ1v) is 7.07. The van der Waals surface area contributed by atoms with Gasteiger partial charge < -0.3 is 15.0 Å². The van der Waals surface area contributed by atoms with Gasteiger partial charge in [-0.15, -0.1) is 0 Å². The van der Waals surface area contributed by atoms with Crippen LogP contribution in [-0.4, -0.2) is 32.7 Å². The topological polar surface area (TPSA) is 93.2 Å². The van der Waals surface area contributed by atoms with Crippen molar-refractivity contribution in [3.63, 3.8) is 0 Å². The number of nitrogens with zero attached hydrogens (tertiary/aromatic N) is 3. The maximum absolute atomic E-state index is 13.3. The number of alkyl halides is 3. The van der Waals surface area contributed by atoms with E-state index in [1.165, 1.54) is 18.7 Å². The van der Waals surface area contributed by atoms with Crippen LogP contribution in [0.5, 0.6) is 0 Å². The molecule has 1 aromatic carbocycles. The first kappa shape index (κ1) is 17.7. The van der Waals surface area contributed by atoms with E-state index < -0.39 is 22.4 Å². The van der Waals surface area contributed by atoms with Crippen LogP contribution in [0.25, 0.3) is 5.69 Å². The Morgan fingerprint density at radius 2 is 2.08 bits per heavy atom. The third-order valence-corrected chi connectivity index (χ3v) is 3.30. The summed E-state index contributed by atoms with van der Waals surface area (Å²) in [6.07, 6.45) is 0.0818. The highest BCUT2D eigenvalue weighted by molar-refractivity contribution is 5.68.